The van der Waals surface area contributed by atoms with Gasteiger partial charge in [0.2, 0.25) is 5.91 Å². The minimum absolute atomic E-state index is 0.0107. The Kier molecular flexibility index (Phi) is 4.15. The van der Waals surface area contributed by atoms with Crippen LogP contribution in [0.2, 0.25) is 0 Å². The van der Waals surface area contributed by atoms with E-state index >= 15 is 0 Å². The normalized spacial score (nSPS) is 34.9. The van der Waals surface area contributed by atoms with Crippen molar-refractivity contribution in [3.8, 4) is 0 Å². The fraction of sp³-hybridized carbons (Fsp3) is 0.909. The number of carbonyl (C=O) groups is 1. The van der Waals surface area contributed by atoms with Gasteiger partial charge in [0.25, 0.3) is 0 Å². The Hall–Kier alpha value is -0.650. The van der Waals surface area contributed by atoms with Crippen molar-refractivity contribution in [3.05, 3.63) is 0 Å². The van der Waals surface area contributed by atoms with Crippen molar-refractivity contribution >= 4 is 5.91 Å². The summed E-state index contributed by atoms with van der Waals surface area (Å²) in [6, 6.07) is 0. The third-order valence-corrected chi connectivity index (χ3v) is 3.22. The van der Waals surface area contributed by atoms with E-state index in [0.29, 0.717) is 13.2 Å². The fourth-order valence-corrected chi connectivity index (χ4v) is 2.17. The average Bonchev–Trinajstić information content (AvgIpc) is 2.74. The molecule has 1 amide bonds. The molecule has 0 aromatic carbocycles. The van der Waals surface area contributed by atoms with E-state index in [9.17, 15) is 4.79 Å². The molecular weight excluding hydrogens is 208 g/mol. The summed E-state index contributed by atoms with van der Waals surface area (Å²) in [6.07, 6.45) is 0.984. The molecular formula is C11H20N2O3. The summed E-state index contributed by atoms with van der Waals surface area (Å²) >= 11 is 0. The zero-order valence-corrected chi connectivity index (χ0v) is 9.70. The van der Waals surface area contributed by atoms with Crippen molar-refractivity contribution < 1.29 is 14.3 Å². The molecule has 0 saturated carbocycles. The highest BCUT2D eigenvalue weighted by Gasteiger charge is 2.30. The van der Waals surface area contributed by atoms with Crippen molar-refractivity contribution in [1.29, 1.82) is 0 Å². The first kappa shape index (κ1) is 11.8. The van der Waals surface area contributed by atoms with E-state index in [2.05, 4.69) is 10.6 Å². The van der Waals surface area contributed by atoms with Gasteiger partial charge in [-0.2, -0.15) is 0 Å². The van der Waals surface area contributed by atoms with Crippen LogP contribution < -0.4 is 10.6 Å². The zero-order chi connectivity index (χ0) is 11.4. The van der Waals surface area contributed by atoms with Gasteiger partial charge in [0.05, 0.1) is 24.7 Å². The number of carbonyl (C=O) groups excluding carboxylic acids is 1. The Labute approximate surface area is 95.9 Å². The maximum absolute atomic E-state index is 11.8. The van der Waals surface area contributed by atoms with E-state index in [0.717, 1.165) is 26.1 Å². The van der Waals surface area contributed by atoms with Gasteiger partial charge in [-0.3, -0.25) is 4.79 Å². The quantitative estimate of drug-likeness (QED) is 0.685. The van der Waals surface area contributed by atoms with E-state index in [-0.39, 0.29) is 24.0 Å². The van der Waals surface area contributed by atoms with Gasteiger partial charge in [0.1, 0.15) is 0 Å². The third-order valence-electron chi connectivity index (χ3n) is 3.22. The predicted octanol–water partition coefficient (Wildman–Crippen LogP) is -0.484. The van der Waals surface area contributed by atoms with Gasteiger partial charge >= 0.3 is 0 Å². The number of nitrogens with one attached hydrogen (secondary N) is 2. The molecule has 2 saturated heterocycles. The Bertz CT molecular complexity index is 241. The molecule has 2 aliphatic rings. The van der Waals surface area contributed by atoms with Crippen molar-refractivity contribution in [1.82, 2.24) is 10.6 Å². The van der Waals surface area contributed by atoms with E-state index in [1.54, 1.807) is 0 Å². The largest absolute Gasteiger partial charge is 0.378 e. The van der Waals surface area contributed by atoms with Gasteiger partial charge in [-0.1, -0.05) is 0 Å². The minimum atomic E-state index is 0.0107. The van der Waals surface area contributed by atoms with Crippen LogP contribution in [-0.4, -0.2) is 51.0 Å². The van der Waals surface area contributed by atoms with Gasteiger partial charge in [0, 0.05) is 26.2 Å². The van der Waals surface area contributed by atoms with Crippen molar-refractivity contribution in [2.75, 3.05) is 32.8 Å². The predicted molar refractivity (Wildman–Crippen MR) is 59.1 cm³/mol. The minimum Gasteiger partial charge on any atom is -0.378 e. The summed E-state index contributed by atoms with van der Waals surface area (Å²) in [5.74, 6) is 0.107. The molecule has 0 spiro atoms. The van der Waals surface area contributed by atoms with Crippen molar-refractivity contribution in [2.24, 2.45) is 5.92 Å². The average molecular weight is 228 g/mol. The van der Waals surface area contributed by atoms with Crippen LogP contribution in [0.1, 0.15) is 13.3 Å². The summed E-state index contributed by atoms with van der Waals surface area (Å²) < 4.78 is 10.9. The lowest BCUT2D eigenvalue weighted by atomic mass is 10.0. The van der Waals surface area contributed by atoms with E-state index in [4.69, 9.17) is 9.47 Å². The lowest BCUT2D eigenvalue weighted by Crippen LogP contribution is -2.46. The van der Waals surface area contributed by atoms with Crippen LogP contribution in [-0.2, 0) is 14.3 Å². The van der Waals surface area contributed by atoms with Crippen molar-refractivity contribution in [3.63, 3.8) is 0 Å². The van der Waals surface area contributed by atoms with Gasteiger partial charge < -0.3 is 20.1 Å². The van der Waals surface area contributed by atoms with Crippen LogP contribution in [0.3, 0.4) is 0 Å². The van der Waals surface area contributed by atoms with E-state index < -0.39 is 0 Å². The van der Waals surface area contributed by atoms with Crippen molar-refractivity contribution in [2.45, 2.75) is 25.6 Å². The molecule has 0 aromatic rings. The summed E-state index contributed by atoms with van der Waals surface area (Å²) in [6.45, 7) is 5.68. The monoisotopic (exact) mass is 228 g/mol. The smallest absolute Gasteiger partial charge is 0.225 e. The molecule has 2 fully saturated rings. The van der Waals surface area contributed by atoms with Gasteiger partial charge in [-0.05, 0) is 13.3 Å². The number of hydrogen-bond donors (Lipinski definition) is 2. The van der Waals surface area contributed by atoms with Crippen LogP contribution in [0.4, 0.5) is 0 Å². The number of ether oxygens (including phenoxy) is 2. The maximum atomic E-state index is 11.8. The molecule has 5 nitrogen and oxygen atoms in total. The molecule has 2 N–H and O–H groups in total. The number of rotatable bonds is 3. The molecule has 92 valence electrons. The molecule has 2 aliphatic heterocycles. The standard InChI is InChI=1S/C11H20N2O3/c1-8-10(2-4-15-8)11(14)13-7-9-6-12-3-5-16-9/h8-10,12H,2-7H2,1H3,(H,13,14). The molecule has 0 aromatic heterocycles. The molecule has 5 heteroatoms. The van der Waals surface area contributed by atoms with E-state index in [1.807, 2.05) is 6.92 Å². The van der Waals surface area contributed by atoms with Crippen LogP contribution in [0.15, 0.2) is 0 Å². The summed E-state index contributed by atoms with van der Waals surface area (Å²) in [4.78, 5) is 11.8. The number of morpholine rings is 1. The Morgan fingerprint density at radius 3 is 2.94 bits per heavy atom. The van der Waals surface area contributed by atoms with Gasteiger partial charge in [0.15, 0.2) is 0 Å². The first-order valence-corrected chi connectivity index (χ1v) is 5.99. The highest BCUT2D eigenvalue weighted by atomic mass is 16.5. The molecule has 16 heavy (non-hydrogen) atoms. The van der Waals surface area contributed by atoms with Crippen LogP contribution in [0.25, 0.3) is 0 Å². The van der Waals surface area contributed by atoms with Crippen LogP contribution in [0, 0.1) is 5.92 Å². The van der Waals surface area contributed by atoms with E-state index in [1.165, 1.54) is 0 Å². The first-order valence-electron chi connectivity index (χ1n) is 5.99. The number of amides is 1. The second-order valence-corrected chi connectivity index (χ2v) is 4.41. The molecule has 0 bridgehead atoms. The molecule has 2 rings (SSSR count). The van der Waals surface area contributed by atoms with Crippen LogP contribution in [0.5, 0.6) is 0 Å². The summed E-state index contributed by atoms with van der Waals surface area (Å²) in [7, 11) is 0. The first-order chi connectivity index (χ1) is 7.77. The topological polar surface area (TPSA) is 59.6 Å². The maximum Gasteiger partial charge on any atom is 0.225 e. The molecule has 0 aliphatic carbocycles. The summed E-state index contributed by atoms with van der Waals surface area (Å²) in [5.41, 5.74) is 0. The van der Waals surface area contributed by atoms with Crippen LogP contribution >= 0.6 is 0 Å². The SMILES string of the molecule is CC1OCCC1C(=O)NCC1CNCCO1. The fourth-order valence-electron chi connectivity index (χ4n) is 2.17. The second kappa shape index (κ2) is 5.61. The lowest BCUT2D eigenvalue weighted by molar-refractivity contribution is -0.127. The Morgan fingerprint density at radius 1 is 1.44 bits per heavy atom. The third kappa shape index (κ3) is 2.93. The molecule has 3 atom stereocenters. The lowest BCUT2D eigenvalue weighted by Gasteiger charge is -2.24. The second-order valence-electron chi connectivity index (χ2n) is 4.41. The highest BCUT2D eigenvalue weighted by Crippen LogP contribution is 2.20. The Morgan fingerprint density at radius 2 is 2.31 bits per heavy atom. The zero-order valence-electron chi connectivity index (χ0n) is 9.70. The summed E-state index contributed by atoms with van der Waals surface area (Å²) in [5, 5.41) is 6.18. The molecule has 3 unspecified atom stereocenters. The van der Waals surface area contributed by atoms with Gasteiger partial charge in [-0.15, -0.1) is 0 Å². The van der Waals surface area contributed by atoms with Gasteiger partial charge in [-0.25, -0.2) is 0 Å². The molecule has 0 radical (unpaired) electrons. The Balaban J connectivity index is 1.70. The number of hydrogen-bond acceptors (Lipinski definition) is 4. The molecule has 2 heterocycles. The highest BCUT2D eigenvalue weighted by molar-refractivity contribution is 5.79.